The summed E-state index contributed by atoms with van der Waals surface area (Å²) in [4.78, 5) is 20.6. The van der Waals surface area contributed by atoms with E-state index in [0.29, 0.717) is 39.3 Å². The number of fused-ring (bicyclic) bond motifs is 1. The van der Waals surface area contributed by atoms with Crippen LogP contribution < -0.4 is 15.0 Å². The maximum absolute atomic E-state index is 13.2. The van der Waals surface area contributed by atoms with E-state index in [2.05, 4.69) is 9.97 Å². The van der Waals surface area contributed by atoms with Crippen molar-refractivity contribution in [3.8, 4) is 40.1 Å². The van der Waals surface area contributed by atoms with Crippen molar-refractivity contribution in [1.82, 2.24) is 14.4 Å². The molecule has 0 aliphatic carbocycles. The molecule has 0 radical (unpaired) electrons. The molecule has 0 aliphatic heterocycles. The third-order valence-corrected chi connectivity index (χ3v) is 4.85. The second-order valence-corrected chi connectivity index (χ2v) is 6.60. The molecule has 7 nitrogen and oxygen atoms in total. The Morgan fingerprint density at radius 2 is 1.90 bits per heavy atom. The number of nitrogens with zero attached hydrogens (tertiary/aromatic N) is 3. The first kappa shape index (κ1) is 18.6. The molecule has 2 aromatic heterocycles. The summed E-state index contributed by atoms with van der Waals surface area (Å²) in [5, 5.41) is 10.3. The SMILES string of the molecule is COc1ccc(OC)c(-c2[nH]c3ncc(-c4ccc(Cl)cc4)n3c(=O)c2C#N)c1. The Morgan fingerprint density at radius 3 is 2.55 bits per heavy atom. The molecule has 0 saturated heterocycles. The number of hydrogen-bond donors (Lipinski definition) is 1. The lowest BCUT2D eigenvalue weighted by Gasteiger charge is -2.12. The molecule has 0 spiro atoms. The van der Waals surface area contributed by atoms with E-state index in [1.54, 1.807) is 48.7 Å². The van der Waals surface area contributed by atoms with Crippen LogP contribution in [0.15, 0.2) is 53.5 Å². The number of aromatic nitrogens is 3. The molecule has 0 unspecified atom stereocenters. The maximum Gasteiger partial charge on any atom is 0.278 e. The molecule has 0 fully saturated rings. The van der Waals surface area contributed by atoms with Crippen molar-refractivity contribution in [3.63, 3.8) is 0 Å². The smallest absolute Gasteiger partial charge is 0.278 e. The van der Waals surface area contributed by atoms with E-state index in [-0.39, 0.29) is 5.56 Å². The molecule has 2 heterocycles. The van der Waals surface area contributed by atoms with Gasteiger partial charge in [-0.25, -0.2) is 9.38 Å². The molecule has 29 heavy (non-hydrogen) atoms. The summed E-state index contributed by atoms with van der Waals surface area (Å²) in [5.74, 6) is 1.36. The van der Waals surface area contributed by atoms with Crippen LogP contribution in [0.5, 0.6) is 11.5 Å². The van der Waals surface area contributed by atoms with Crippen LogP contribution in [0.1, 0.15) is 5.56 Å². The number of nitrogens with one attached hydrogen (secondary N) is 1. The number of imidazole rings is 1. The van der Waals surface area contributed by atoms with Crippen LogP contribution in [0.3, 0.4) is 0 Å². The molecular formula is C21H15ClN4O3. The van der Waals surface area contributed by atoms with Gasteiger partial charge in [0.05, 0.1) is 31.8 Å². The van der Waals surface area contributed by atoms with E-state index in [9.17, 15) is 10.1 Å². The van der Waals surface area contributed by atoms with Gasteiger partial charge in [0.2, 0.25) is 5.78 Å². The highest BCUT2D eigenvalue weighted by Crippen LogP contribution is 2.34. The molecule has 0 atom stereocenters. The van der Waals surface area contributed by atoms with Crippen molar-refractivity contribution in [2.75, 3.05) is 14.2 Å². The Hall–Kier alpha value is -3.76. The van der Waals surface area contributed by atoms with E-state index >= 15 is 0 Å². The number of nitriles is 1. The molecule has 1 N–H and O–H groups in total. The fourth-order valence-electron chi connectivity index (χ4n) is 3.18. The largest absolute Gasteiger partial charge is 0.497 e. The Labute approximate surface area is 170 Å². The minimum absolute atomic E-state index is 0.0581. The molecule has 144 valence electrons. The number of methoxy groups -OCH3 is 2. The lowest BCUT2D eigenvalue weighted by Crippen LogP contribution is -2.19. The van der Waals surface area contributed by atoms with Crippen molar-refractivity contribution in [2.45, 2.75) is 0 Å². The summed E-state index contributed by atoms with van der Waals surface area (Å²) < 4.78 is 12.1. The minimum Gasteiger partial charge on any atom is -0.497 e. The van der Waals surface area contributed by atoms with Crippen LogP contribution in [0, 0.1) is 11.3 Å². The molecule has 0 aliphatic rings. The van der Waals surface area contributed by atoms with Crippen LogP contribution in [-0.2, 0) is 0 Å². The summed E-state index contributed by atoms with van der Waals surface area (Å²) in [6.07, 6.45) is 1.57. The summed E-state index contributed by atoms with van der Waals surface area (Å²) in [5.41, 5.74) is 1.61. The van der Waals surface area contributed by atoms with Gasteiger partial charge in [-0.05, 0) is 30.3 Å². The van der Waals surface area contributed by atoms with Crippen LogP contribution in [0.25, 0.3) is 28.3 Å². The van der Waals surface area contributed by atoms with Crippen LogP contribution in [0.2, 0.25) is 5.02 Å². The zero-order valence-corrected chi connectivity index (χ0v) is 16.3. The quantitative estimate of drug-likeness (QED) is 0.555. The first-order valence-corrected chi connectivity index (χ1v) is 8.97. The molecule has 2 aromatic carbocycles. The van der Waals surface area contributed by atoms with Gasteiger partial charge in [0.1, 0.15) is 23.1 Å². The molecule has 4 aromatic rings. The van der Waals surface area contributed by atoms with Gasteiger partial charge >= 0.3 is 0 Å². The predicted molar refractivity (Wildman–Crippen MR) is 110 cm³/mol. The van der Waals surface area contributed by atoms with E-state index in [1.165, 1.54) is 18.6 Å². The fourth-order valence-corrected chi connectivity index (χ4v) is 3.30. The highest BCUT2D eigenvalue weighted by Gasteiger charge is 2.20. The second kappa shape index (κ2) is 7.34. The van der Waals surface area contributed by atoms with Gasteiger partial charge in [0.15, 0.2) is 0 Å². The zero-order chi connectivity index (χ0) is 20.5. The number of ether oxygens (including phenoxy) is 2. The number of benzene rings is 2. The normalized spacial score (nSPS) is 10.7. The Bertz CT molecular complexity index is 1320. The fraction of sp³-hybridized carbons (Fsp3) is 0.0952. The molecular weight excluding hydrogens is 392 g/mol. The molecule has 0 bridgehead atoms. The highest BCUT2D eigenvalue weighted by atomic mass is 35.5. The van der Waals surface area contributed by atoms with Crippen molar-refractivity contribution >= 4 is 17.4 Å². The van der Waals surface area contributed by atoms with Crippen LogP contribution in [-0.4, -0.2) is 28.6 Å². The van der Waals surface area contributed by atoms with Gasteiger partial charge in [-0.2, -0.15) is 5.26 Å². The van der Waals surface area contributed by atoms with Gasteiger partial charge in [-0.15, -0.1) is 0 Å². The maximum atomic E-state index is 13.2. The predicted octanol–water partition coefficient (Wildman–Crippen LogP) is 3.90. The highest BCUT2D eigenvalue weighted by molar-refractivity contribution is 6.30. The molecule has 4 rings (SSSR count). The Morgan fingerprint density at radius 1 is 1.14 bits per heavy atom. The molecule has 0 saturated carbocycles. The number of aromatic amines is 1. The average molecular weight is 407 g/mol. The lowest BCUT2D eigenvalue weighted by molar-refractivity contribution is 0.404. The van der Waals surface area contributed by atoms with Crippen molar-refractivity contribution in [2.24, 2.45) is 0 Å². The Kier molecular flexibility index (Phi) is 4.71. The third-order valence-electron chi connectivity index (χ3n) is 4.59. The average Bonchev–Trinajstić information content (AvgIpc) is 3.18. The minimum atomic E-state index is -0.483. The first-order valence-electron chi connectivity index (χ1n) is 8.59. The van der Waals surface area contributed by atoms with E-state index in [4.69, 9.17) is 21.1 Å². The number of halogens is 1. The Balaban J connectivity index is 2.01. The van der Waals surface area contributed by atoms with Gasteiger partial charge < -0.3 is 14.5 Å². The topological polar surface area (TPSA) is 92.4 Å². The summed E-state index contributed by atoms with van der Waals surface area (Å²) >= 11 is 5.96. The van der Waals surface area contributed by atoms with Crippen molar-refractivity contribution in [1.29, 1.82) is 5.26 Å². The third kappa shape index (κ3) is 3.10. The second-order valence-electron chi connectivity index (χ2n) is 6.17. The molecule has 8 heteroatoms. The van der Waals surface area contributed by atoms with Gasteiger partial charge in [0.25, 0.3) is 5.56 Å². The summed E-state index contributed by atoms with van der Waals surface area (Å²) in [7, 11) is 3.05. The van der Waals surface area contributed by atoms with E-state index in [0.717, 1.165) is 5.56 Å². The summed E-state index contributed by atoms with van der Waals surface area (Å²) in [6.45, 7) is 0. The number of H-pyrrole nitrogens is 1. The monoisotopic (exact) mass is 406 g/mol. The standard InChI is InChI=1S/C21H15ClN4O3/c1-28-14-7-8-18(29-2)15(9-14)19-16(10-23)20(27)26-17(11-24-21(26)25-19)12-3-5-13(22)6-4-12/h3-9,11H,1-2H3,(H,24,25). The molecule has 0 amide bonds. The van der Waals surface area contributed by atoms with Gasteiger partial charge in [0, 0.05) is 16.1 Å². The lowest BCUT2D eigenvalue weighted by atomic mass is 10.1. The van der Waals surface area contributed by atoms with E-state index < -0.39 is 5.56 Å². The van der Waals surface area contributed by atoms with Crippen LogP contribution >= 0.6 is 11.6 Å². The first-order chi connectivity index (χ1) is 14.1. The van der Waals surface area contributed by atoms with Crippen LogP contribution in [0.4, 0.5) is 0 Å². The number of rotatable bonds is 4. The summed E-state index contributed by atoms with van der Waals surface area (Å²) in [6, 6.07) is 14.2. The van der Waals surface area contributed by atoms with Crippen molar-refractivity contribution < 1.29 is 9.47 Å². The van der Waals surface area contributed by atoms with Gasteiger partial charge in [-0.3, -0.25) is 4.79 Å². The van der Waals surface area contributed by atoms with Gasteiger partial charge in [-0.1, -0.05) is 23.7 Å². The zero-order valence-electron chi connectivity index (χ0n) is 15.6. The van der Waals surface area contributed by atoms with Crippen molar-refractivity contribution in [3.05, 3.63) is 69.6 Å². The number of hydrogen-bond acceptors (Lipinski definition) is 5. The van der Waals surface area contributed by atoms with E-state index in [1.807, 2.05) is 6.07 Å².